The Bertz CT molecular complexity index is 1230. The monoisotopic (exact) mass is 531 g/mol. The molecule has 0 bridgehead atoms. The standard InChI is InChI=1S/C21H26ClN3O7S2/c1-15(24-33(27,28)20-13-17(22)5-8-19(20)31-2)21(26)23-14-16-3-6-18(7-4-16)34(29,30)25-9-11-32-12-10-25/h3-8,13,15,24H,9-12,14H2,1-2H3,(H,23,26). The Labute approximate surface area is 204 Å². The number of hydrogen-bond acceptors (Lipinski definition) is 7. The molecule has 2 N–H and O–H groups in total. The van der Waals surface area contributed by atoms with Crippen molar-refractivity contribution in [3.63, 3.8) is 0 Å². The molecular weight excluding hydrogens is 506 g/mol. The number of rotatable bonds is 9. The van der Waals surface area contributed by atoms with Crippen LogP contribution in [0.2, 0.25) is 5.02 Å². The molecule has 1 heterocycles. The van der Waals surface area contributed by atoms with E-state index in [1.54, 1.807) is 12.1 Å². The van der Waals surface area contributed by atoms with Gasteiger partial charge in [0.05, 0.1) is 31.3 Å². The second kappa shape index (κ2) is 11.0. The molecule has 0 aromatic heterocycles. The molecule has 186 valence electrons. The second-order valence-electron chi connectivity index (χ2n) is 7.52. The van der Waals surface area contributed by atoms with Crippen molar-refractivity contribution in [2.24, 2.45) is 0 Å². The lowest BCUT2D eigenvalue weighted by Gasteiger charge is -2.26. The number of morpholine rings is 1. The molecule has 2 aromatic carbocycles. The van der Waals surface area contributed by atoms with Crippen LogP contribution in [0.3, 0.4) is 0 Å². The van der Waals surface area contributed by atoms with Crippen molar-refractivity contribution in [3.8, 4) is 5.75 Å². The molecule has 13 heteroatoms. The first-order valence-corrected chi connectivity index (χ1v) is 13.6. The van der Waals surface area contributed by atoms with Crippen LogP contribution in [0.5, 0.6) is 5.75 Å². The topological polar surface area (TPSA) is 131 Å². The Morgan fingerprint density at radius 2 is 1.76 bits per heavy atom. The molecule has 1 unspecified atom stereocenters. The van der Waals surface area contributed by atoms with Gasteiger partial charge in [0.1, 0.15) is 10.6 Å². The van der Waals surface area contributed by atoms with Crippen molar-refractivity contribution in [1.82, 2.24) is 14.3 Å². The normalized spacial score (nSPS) is 16.1. The first-order valence-electron chi connectivity index (χ1n) is 10.3. The van der Waals surface area contributed by atoms with Crippen molar-refractivity contribution in [1.29, 1.82) is 0 Å². The number of methoxy groups -OCH3 is 1. The maximum Gasteiger partial charge on any atom is 0.245 e. The lowest BCUT2D eigenvalue weighted by molar-refractivity contribution is -0.122. The molecule has 1 fully saturated rings. The molecule has 2 aromatic rings. The van der Waals surface area contributed by atoms with Gasteiger partial charge in [0.25, 0.3) is 0 Å². The average molecular weight is 532 g/mol. The number of carbonyl (C=O) groups excluding carboxylic acids is 1. The minimum absolute atomic E-state index is 0.0866. The Kier molecular flexibility index (Phi) is 8.55. The zero-order chi connectivity index (χ0) is 24.9. The van der Waals surface area contributed by atoms with Gasteiger partial charge in [0, 0.05) is 24.7 Å². The van der Waals surface area contributed by atoms with Gasteiger partial charge in [-0.2, -0.15) is 9.03 Å². The maximum atomic E-state index is 12.7. The van der Waals surface area contributed by atoms with E-state index in [1.807, 2.05) is 0 Å². The van der Waals surface area contributed by atoms with E-state index in [9.17, 15) is 21.6 Å². The summed E-state index contributed by atoms with van der Waals surface area (Å²) >= 11 is 5.91. The summed E-state index contributed by atoms with van der Waals surface area (Å²) in [6, 6.07) is 9.21. The largest absolute Gasteiger partial charge is 0.495 e. The molecule has 0 spiro atoms. The summed E-state index contributed by atoms with van der Waals surface area (Å²) in [5.74, 6) is -0.466. The molecule has 1 atom stereocenters. The lowest BCUT2D eigenvalue weighted by atomic mass is 10.2. The quantitative estimate of drug-likeness (QED) is 0.499. The number of sulfonamides is 2. The van der Waals surface area contributed by atoms with E-state index in [2.05, 4.69) is 10.0 Å². The highest BCUT2D eigenvalue weighted by molar-refractivity contribution is 7.89. The fourth-order valence-electron chi connectivity index (χ4n) is 3.27. The third kappa shape index (κ3) is 6.26. The highest BCUT2D eigenvalue weighted by Gasteiger charge is 2.27. The zero-order valence-corrected chi connectivity index (χ0v) is 21.0. The van der Waals surface area contributed by atoms with Gasteiger partial charge in [-0.25, -0.2) is 16.8 Å². The number of halogens is 1. The Morgan fingerprint density at radius 3 is 2.38 bits per heavy atom. The molecule has 0 radical (unpaired) electrons. The molecule has 34 heavy (non-hydrogen) atoms. The minimum atomic E-state index is -4.09. The third-order valence-corrected chi connectivity index (χ3v) is 8.85. The Hall–Kier alpha value is -2.22. The highest BCUT2D eigenvalue weighted by Crippen LogP contribution is 2.27. The molecular formula is C21H26ClN3O7S2. The molecule has 1 aliphatic rings. The number of hydrogen-bond donors (Lipinski definition) is 2. The first kappa shape index (κ1) is 26.4. The van der Waals surface area contributed by atoms with Crippen LogP contribution in [-0.4, -0.2) is 66.5 Å². The van der Waals surface area contributed by atoms with Gasteiger partial charge in [0.15, 0.2) is 0 Å². The molecule has 0 saturated carbocycles. The number of amides is 1. The van der Waals surface area contributed by atoms with E-state index in [1.165, 1.54) is 48.7 Å². The van der Waals surface area contributed by atoms with Crippen molar-refractivity contribution >= 4 is 37.6 Å². The molecule has 10 nitrogen and oxygen atoms in total. The van der Waals surface area contributed by atoms with E-state index in [0.29, 0.717) is 31.9 Å². The summed E-state index contributed by atoms with van der Waals surface area (Å²) in [5, 5.41) is 2.84. The number of nitrogens with zero attached hydrogens (tertiary/aromatic N) is 1. The number of carbonyl (C=O) groups is 1. The van der Waals surface area contributed by atoms with E-state index in [-0.39, 0.29) is 27.1 Å². The van der Waals surface area contributed by atoms with Crippen molar-refractivity contribution in [2.45, 2.75) is 29.3 Å². The number of benzene rings is 2. The van der Waals surface area contributed by atoms with Gasteiger partial charge >= 0.3 is 0 Å². The Morgan fingerprint density at radius 1 is 1.12 bits per heavy atom. The van der Waals surface area contributed by atoms with Crippen molar-refractivity contribution in [2.75, 3.05) is 33.4 Å². The van der Waals surface area contributed by atoms with E-state index in [0.717, 1.165) is 0 Å². The van der Waals surface area contributed by atoms with Crippen LogP contribution in [0, 0.1) is 0 Å². The van der Waals surface area contributed by atoms with E-state index >= 15 is 0 Å². The Balaban J connectivity index is 1.60. The fraction of sp³-hybridized carbons (Fsp3) is 0.381. The summed E-state index contributed by atoms with van der Waals surface area (Å²) in [6.07, 6.45) is 0. The van der Waals surface area contributed by atoms with Crippen molar-refractivity contribution in [3.05, 3.63) is 53.1 Å². The predicted octanol–water partition coefficient (Wildman–Crippen LogP) is 1.35. The summed E-state index contributed by atoms with van der Waals surface area (Å²) in [7, 11) is -6.37. The average Bonchev–Trinajstić information content (AvgIpc) is 2.83. The second-order valence-corrected chi connectivity index (χ2v) is 11.6. The van der Waals surface area contributed by atoms with Crippen LogP contribution in [0.25, 0.3) is 0 Å². The zero-order valence-electron chi connectivity index (χ0n) is 18.7. The smallest absolute Gasteiger partial charge is 0.245 e. The van der Waals surface area contributed by atoms with Crippen LogP contribution in [-0.2, 0) is 36.1 Å². The van der Waals surface area contributed by atoms with Gasteiger partial charge in [0.2, 0.25) is 26.0 Å². The number of ether oxygens (including phenoxy) is 2. The molecule has 1 amide bonds. The van der Waals surface area contributed by atoms with Crippen LogP contribution in [0.15, 0.2) is 52.3 Å². The van der Waals surface area contributed by atoms with E-state index in [4.69, 9.17) is 21.1 Å². The third-order valence-electron chi connectivity index (χ3n) is 5.14. The fourth-order valence-corrected chi connectivity index (χ4v) is 6.31. The summed E-state index contributed by atoms with van der Waals surface area (Å²) in [6.45, 7) is 2.81. The highest BCUT2D eigenvalue weighted by atomic mass is 35.5. The number of nitrogens with one attached hydrogen (secondary N) is 2. The van der Waals surface area contributed by atoms with Gasteiger partial charge in [-0.1, -0.05) is 23.7 Å². The minimum Gasteiger partial charge on any atom is -0.495 e. The molecule has 0 aliphatic carbocycles. The van der Waals surface area contributed by atoms with Gasteiger partial charge < -0.3 is 14.8 Å². The first-order chi connectivity index (χ1) is 16.0. The molecule has 1 aliphatic heterocycles. The van der Waals surface area contributed by atoms with E-state index < -0.39 is 32.0 Å². The SMILES string of the molecule is COc1ccc(Cl)cc1S(=O)(=O)NC(C)C(=O)NCc1ccc(S(=O)(=O)N2CCOCC2)cc1. The van der Waals surface area contributed by atoms with Crippen molar-refractivity contribution < 1.29 is 31.1 Å². The van der Waals surface area contributed by atoms with Gasteiger partial charge in [-0.05, 0) is 42.8 Å². The lowest BCUT2D eigenvalue weighted by Crippen LogP contribution is -2.44. The molecule has 1 saturated heterocycles. The van der Waals surface area contributed by atoms with Crippen LogP contribution in [0.4, 0.5) is 0 Å². The van der Waals surface area contributed by atoms with Crippen LogP contribution < -0.4 is 14.8 Å². The van der Waals surface area contributed by atoms with Crippen LogP contribution in [0.1, 0.15) is 12.5 Å². The molecule has 3 rings (SSSR count). The van der Waals surface area contributed by atoms with Crippen LogP contribution >= 0.6 is 11.6 Å². The summed E-state index contributed by atoms with van der Waals surface area (Å²) in [4.78, 5) is 12.4. The summed E-state index contributed by atoms with van der Waals surface area (Å²) < 4.78 is 64.8. The van der Waals surface area contributed by atoms with Gasteiger partial charge in [-0.3, -0.25) is 4.79 Å². The predicted molar refractivity (Wildman–Crippen MR) is 126 cm³/mol. The maximum absolute atomic E-state index is 12.7. The van der Waals surface area contributed by atoms with Gasteiger partial charge in [-0.15, -0.1) is 0 Å². The summed E-state index contributed by atoms with van der Waals surface area (Å²) in [5.41, 5.74) is 0.654.